The number of thiazole rings is 1. The van der Waals surface area contributed by atoms with Crippen LogP contribution in [0.2, 0.25) is 0 Å². The summed E-state index contributed by atoms with van der Waals surface area (Å²) in [7, 11) is 0. The summed E-state index contributed by atoms with van der Waals surface area (Å²) in [5.41, 5.74) is 2.66. The number of imide groups is 1. The first-order valence-electron chi connectivity index (χ1n) is 11.1. The van der Waals surface area contributed by atoms with Gasteiger partial charge in [-0.3, -0.25) is 24.6 Å². The van der Waals surface area contributed by atoms with E-state index in [1.807, 2.05) is 36.4 Å². The molecule has 0 unspecified atom stereocenters. The minimum atomic E-state index is -0.360. The maximum Gasteiger partial charge on any atom is 0.261 e. The highest BCUT2D eigenvalue weighted by molar-refractivity contribution is 7.15. The van der Waals surface area contributed by atoms with Gasteiger partial charge < -0.3 is 0 Å². The SMILES string of the molecule is Cc1c(C(=O)Nc2ncc(CN3C(=O)c4ccccc4C3=O)s2)cnn1-c1ccc2ccccc2n1. The van der Waals surface area contributed by atoms with Crippen molar-refractivity contribution in [2.45, 2.75) is 13.5 Å². The minimum absolute atomic E-state index is 0.0878. The fraction of sp³-hybridized carbons (Fsp3) is 0.0769. The predicted molar refractivity (Wildman–Crippen MR) is 134 cm³/mol. The number of carbonyl (C=O) groups excluding carboxylic acids is 3. The molecule has 2 aromatic carbocycles. The number of fused-ring (bicyclic) bond motifs is 2. The molecule has 0 radical (unpaired) electrons. The van der Waals surface area contributed by atoms with E-state index >= 15 is 0 Å². The van der Waals surface area contributed by atoms with Crippen LogP contribution in [0.1, 0.15) is 41.6 Å². The van der Waals surface area contributed by atoms with Crippen molar-refractivity contribution in [2.24, 2.45) is 0 Å². The van der Waals surface area contributed by atoms with Crippen LogP contribution in [-0.4, -0.2) is 42.4 Å². The molecule has 3 aromatic heterocycles. The molecule has 1 aliphatic heterocycles. The highest BCUT2D eigenvalue weighted by atomic mass is 32.1. The predicted octanol–water partition coefficient (Wildman–Crippen LogP) is 4.23. The van der Waals surface area contributed by atoms with Gasteiger partial charge >= 0.3 is 0 Å². The van der Waals surface area contributed by atoms with Gasteiger partial charge in [-0.05, 0) is 37.3 Å². The lowest BCUT2D eigenvalue weighted by Crippen LogP contribution is -2.28. The van der Waals surface area contributed by atoms with Gasteiger partial charge in [0.05, 0.1) is 40.6 Å². The van der Waals surface area contributed by atoms with Crippen molar-refractivity contribution < 1.29 is 14.4 Å². The molecule has 0 aliphatic carbocycles. The van der Waals surface area contributed by atoms with E-state index in [0.717, 1.165) is 10.9 Å². The first-order chi connectivity index (χ1) is 17.5. The van der Waals surface area contributed by atoms with E-state index in [9.17, 15) is 14.4 Å². The van der Waals surface area contributed by atoms with Crippen molar-refractivity contribution >= 4 is 45.1 Å². The molecule has 4 heterocycles. The number of amides is 3. The third kappa shape index (κ3) is 3.64. The van der Waals surface area contributed by atoms with Crippen LogP contribution in [0.4, 0.5) is 5.13 Å². The molecule has 0 bridgehead atoms. The second-order valence-electron chi connectivity index (χ2n) is 8.25. The maximum absolute atomic E-state index is 13.0. The summed E-state index contributed by atoms with van der Waals surface area (Å²) in [5.74, 6) is -0.413. The molecule has 0 saturated heterocycles. The Hall–Kier alpha value is -4.70. The largest absolute Gasteiger partial charge is 0.298 e. The van der Waals surface area contributed by atoms with Crippen molar-refractivity contribution in [1.29, 1.82) is 0 Å². The fourth-order valence-electron chi connectivity index (χ4n) is 4.18. The van der Waals surface area contributed by atoms with Gasteiger partial charge in [0.1, 0.15) is 0 Å². The molecular formula is C26H18N6O3S. The Morgan fingerprint density at radius 3 is 2.44 bits per heavy atom. The summed E-state index contributed by atoms with van der Waals surface area (Å²) in [6, 6.07) is 18.3. The Labute approximate surface area is 209 Å². The number of rotatable bonds is 5. The molecule has 1 N–H and O–H groups in total. The number of hydrogen-bond acceptors (Lipinski definition) is 7. The van der Waals surface area contributed by atoms with Crippen LogP contribution in [0.25, 0.3) is 16.7 Å². The Balaban J connectivity index is 1.18. The van der Waals surface area contributed by atoms with Crippen LogP contribution in [0.3, 0.4) is 0 Å². The Morgan fingerprint density at radius 1 is 0.944 bits per heavy atom. The number of benzene rings is 2. The zero-order valence-electron chi connectivity index (χ0n) is 19.0. The number of hydrogen-bond donors (Lipinski definition) is 1. The highest BCUT2D eigenvalue weighted by Gasteiger charge is 2.35. The number of nitrogens with zero attached hydrogens (tertiary/aromatic N) is 5. The average molecular weight is 495 g/mol. The number of para-hydroxylation sites is 1. The zero-order chi connectivity index (χ0) is 24.8. The minimum Gasteiger partial charge on any atom is -0.298 e. The van der Waals surface area contributed by atoms with Crippen LogP contribution >= 0.6 is 11.3 Å². The highest BCUT2D eigenvalue weighted by Crippen LogP contribution is 2.27. The molecule has 176 valence electrons. The molecule has 0 fully saturated rings. The second-order valence-corrected chi connectivity index (χ2v) is 9.36. The van der Waals surface area contributed by atoms with Gasteiger partial charge in [0.25, 0.3) is 17.7 Å². The number of pyridine rings is 1. The van der Waals surface area contributed by atoms with Crippen LogP contribution in [-0.2, 0) is 6.54 Å². The fourth-order valence-corrected chi connectivity index (χ4v) is 4.97. The number of carbonyl (C=O) groups is 3. The molecule has 0 saturated carbocycles. The number of nitrogens with one attached hydrogen (secondary N) is 1. The molecule has 0 atom stereocenters. The Kier molecular flexibility index (Phi) is 5.15. The van der Waals surface area contributed by atoms with Gasteiger partial charge in [0, 0.05) is 16.5 Å². The monoisotopic (exact) mass is 494 g/mol. The lowest BCUT2D eigenvalue weighted by Gasteiger charge is -2.11. The van der Waals surface area contributed by atoms with E-state index in [4.69, 9.17) is 0 Å². The molecular weight excluding hydrogens is 476 g/mol. The second kappa shape index (κ2) is 8.51. The van der Waals surface area contributed by atoms with Gasteiger partial charge in [-0.1, -0.05) is 41.7 Å². The van der Waals surface area contributed by atoms with E-state index in [0.29, 0.717) is 38.2 Å². The number of aromatic nitrogens is 4. The van der Waals surface area contributed by atoms with Crippen LogP contribution in [0.5, 0.6) is 0 Å². The first-order valence-corrected chi connectivity index (χ1v) is 11.9. The third-order valence-corrected chi connectivity index (χ3v) is 6.92. The molecule has 36 heavy (non-hydrogen) atoms. The summed E-state index contributed by atoms with van der Waals surface area (Å²) >= 11 is 1.21. The third-order valence-electron chi connectivity index (χ3n) is 6.02. The smallest absolute Gasteiger partial charge is 0.261 e. The summed E-state index contributed by atoms with van der Waals surface area (Å²) in [5, 5.41) is 8.53. The van der Waals surface area contributed by atoms with Gasteiger partial charge in [-0.25, -0.2) is 14.6 Å². The molecule has 1 aliphatic rings. The topological polar surface area (TPSA) is 110 Å². The normalized spacial score (nSPS) is 12.9. The summed E-state index contributed by atoms with van der Waals surface area (Å²) in [6.45, 7) is 1.89. The van der Waals surface area contributed by atoms with E-state index in [2.05, 4.69) is 20.4 Å². The average Bonchev–Trinajstić information content (AvgIpc) is 3.57. The van der Waals surface area contributed by atoms with Crippen LogP contribution in [0, 0.1) is 6.92 Å². The standard InChI is InChI=1S/C26H18N6O3S/c1-15-20(13-28-32(15)22-11-10-16-6-2-5-9-21(16)29-22)23(33)30-26-27-12-17(36-26)14-31-24(34)18-7-3-4-8-19(18)25(31)35/h2-13H,14H2,1H3,(H,27,30,33). The quantitative estimate of drug-likeness (QED) is 0.366. The summed E-state index contributed by atoms with van der Waals surface area (Å²) in [4.78, 5) is 48.9. The molecule has 6 rings (SSSR count). The number of anilines is 1. The van der Waals surface area contributed by atoms with Crippen molar-refractivity contribution in [3.8, 4) is 5.82 Å². The van der Waals surface area contributed by atoms with Gasteiger partial charge in [-0.2, -0.15) is 5.10 Å². The zero-order valence-corrected chi connectivity index (χ0v) is 19.8. The lowest BCUT2D eigenvalue weighted by molar-refractivity contribution is 0.0643. The van der Waals surface area contributed by atoms with Crippen molar-refractivity contribution in [2.75, 3.05) is 5.32 Å². The molecule has 9 nitrogen and oxygen atoms in total. The van der Waals surface area contributed by atoms with Crippen LogP contribution < -0.4 is 5.32 Å². The van der Waals surface area contributed by atoms with E-state index in [1.54, 1.807) is 42.1 Å². The van der Waals surface area contributed by atoms with Crippen molar-refractivity contribution in [1.82, 2.24) is 24.6 Å². The van der Waals surface area contributed by atoms with E-state index < -0.39 is 0 Å². The van der Waals surface area contributed by atoms with Crippen molar-refractivity contribution in [3.05, 3.63) is 100 Å². The van der Waals surface area contributed by atoms with Crippen molar-refractivity contribution in [3.63, 3.8) is 0 Å². The van der Waals surface area contributed by atoms with E-state index in [1.165, 1.54) is 22.4 Å². The molecule has 3 amide bonds. The maximum atomic E-state index is 13.0. The molecule has 5 aromatic rings. The van der Waals surface area contributed by atoms with Gasteiger partial charge in [0.2, 0.25) is 0 Å². The van der Waals surface area contributed by atoms with E-state index in [-0.39, 0.29) is 24.3 Å². The summed E-state index contributed by atoms with van der Waals surface area (Å²) < 4.78 is 1.62. The first kappa shape index (κ1) is 21.8. The lowest BCUT2D eigenvalue weighted by atomic mass is 10.1. The Morgan fingerprint density at radius 2 is 1.67 bits per heavy atom. The van der Waals surface area contributed by atoms with Crippen LogP contribution in [0.15, 0.2) is 73.1 Å². The molecule has 0 spiro atoms. The Bertz CT molecular complexity index is 1650. The van der Waals surface area contributed by atoms with Gasteiger partial charge in [-0.15, -0.1) is 0 Å². The van der Waals surface area contributed by atoms with Gasteiger partial charge in [0.15, 0.2) is 10.9 Å². The summed E-state index contributed by atoms with van der Waals surface area (Å²) in [6.07, 6.45) is 3.05. The molecule has 10 heteroatoms.